The Labute approximate surface area is 134 Å². The monoisotopic (exact) mass is 315 g/mol. The molecule has 0 radical (unpaired) electrons. The molecule has 2 aromatic heterocycles. The first kappa shape index (κ1) is 14.7. The van der Waals surface area contributed by atoms with Crippen molar-refractivity contribution >= 4 is 11.6 Å². The second kappa shape index (κ2) is 5.62. The summed E-state index contributed by atoms with van der Waals surface area (Å²) in [4.78, 5) is 17.0. The van der Waals surface area contributed by atoms with Crippen molar-refractivity contribution < 1.29 is 14.3 Å². The van der Waals surface area contributed by atoms with Gasteiger partial charge < -0.3 is 19.2 Å². The number of hydrogen-bond acceptors (Lipinski definition) is 4. The van der Waals surface area contributed by atoms with E-state index in [4.69, 9.17) is 9.47 Å². The molecule has 23 heavy (non-hydrogen) atoms. The average molecular weight is 315 g/mol. The normalized spacial score (nSPS) is 29.3. The number of pyridine rings is 1. The van der Waals surface area contributed by atoms with Crippen LogP contribution in [-0.2, 0) is 9.47 Å². The van der Waals surface area contributed by atoms with Crippen molar-refractivity contribution in [1.82, 2.24) is 14.7 Å². The van der Waals surface area contributed by atoms with E-state index in [1.807, 2.05) is 29.7 Å². The van der Waals surface area contributed by atoms with Crippen LogP contribution in [0.15, 0.2) is 24.5 Å². The van der Waals surface area contributed by atoms with Gasteiger partial charge in [-0.3, -0.25) is 4.79 Å². The van der Waals surface area contributed by atoms with Crippen LogP contribution >= 0.6 is 0 Å². The molecule has 122 valence electrons. The molecule has 2 aromatic rings. The van der Waals surface area contributed by atoms with Crippen molar-refractivity contribution in [2.75, 3.05) is 20.3 Å². The molecular formula is C17H21N3O3. The van der Waals surface area contributed by atoms with Crippen molar-refractivity contribution in [1.29, 1.82) is 0 Å². The molecule has 0 bridgehead atoms. The molecule has 2 aliphatic rings. The number of aryl methyl sites for hydroxylation is 1. The topological polar surface area (TPSA) is 64.9 Å². The fraction of sp³-hybridized carbons (Fsp3) is 0.529. The lowest BCUT2D eigenvalue weighted by atomic mass is 9.67. The lowest BCUT2D eigenvalue weighted by Gasteiger charge is -2.47. The summed E-state index contributed by atoms with van der Waals surface area (Å²) >= 11 is 0. The van der Waals surface area contributed by atoms with E-state index in [-0.39, 0.29) is 24.0 Å². The number of nitrogens with zero attached hydrogens (tertiary/aromatic N) is 2. The Morgan fingerprint density at radius 2 is 2.35 bits per heavy atom. The van der Waals surface area contributed by atoms with Gasteiger partial charge in [0, 0.05) is 44.0 Å². The number of imidazole rings is 1. The molecule has 1 amide bonds. The van der Waals surface area contributed by atoms with Crippen molar-refractivity contribution in [3.05, 3.63) is 35.8 Å². The number of nitrogens with one attached hydrogen (secondary N) is 1. The minimum Gasteiger partial charge on any atom is -0.384 e. The zero-order valence-corrected chi connectivity index (χ0v) is 13.4. The third-order valence-corrected chi connectivity index (χ3v) is 5.02. The Bertz CT molecular complexity index is 742. The van der Waals surface area contributed by atoms with Crippen LogP contribution in [0.5, 0.6) is 0 Å². The van der Waals surface area contributed by atoms with E-state index < -0.39 is 0 Å². The van der Waals surface area contributed by atoms with Crippen LogP contribution in [0.4, 0.5) is 0 Å². The quantitative estimate of drug-likeness (QED) is 0.927. The van der Waals surface area contributed by atoms with Crippen LogP contribution in [0, 0.1) is 18.8 Å². The number of aromatic nitrogens is 2. The number of hydrogen-bond donors (Lipinski definition) is 1. The van der Waals surface area contributed by atoms with Gasteiger partial charge in [-0.2, -0.15) is 0 Å². The van der Waals surface area contributed by atoms with Gasteiger partial charge >= 0.3 is 0 Å². The zero-order chi connectivity index (χ0) is 16.0. The highest BCUT2D eigenvalue weighted by molar-refractivity contribution is 5.93. The minimum atomic E-state index is -0.122. The Morgan fingerprint density at radius 3 is 3.17 bits per heavy atom. The summed E-state index contributed by atoms with van der Waals surface area (Å²) in [5.41, 5.74) is 2.37. The number of rotatable bonds is 4. The lowest BCUT2D eigenvalue weighted by molar-refractivity contribution is -0.0810. The Morgan fingerprint density at radius 1 is 1.48 bits per heavy atom. The van der Waals surface area contributed by atoms with Gasteiger partial charge in [-0.15, -0.1) is 0 Å². The zero-order valence-electron chi connectivity index (χ0n) is 13.4. The highest BCUT2D eigenvalue weighted by Crippen LogP contribution is 2.43. The highest BCUT2D eigenvalue weighted by atomic mass is 16.5. The number of fused-ring (bicyclic) bond motifs is 2. The van der Waals surface area contributed by atoms with E-state index in [1.165, 1.54) is 0 Å². The molecule has 0 spiro atoms. The van der Waals surface area contributed by atoms with Crippen LogP contribution in [0.1, 0.15) is 22.5 Å². The summed E-state index contributed by atoms with van der Waals surface area (Å²) in [6, 6.07) is 4.02. The fourth-order valence-electron chi connectivity index (χ4n) is 3.87. The maximum atomic E-state index is 12.6. The molecule has 6 nitrogen and oxygen atoms in total. The molecule has 4 atom stereocenters. The van der Waals surface area contributed by atoms with Gasteiger partial charge in [0.15, 0.2) is 0 Å². The van der Waals surface area contributed by atoms with Gasteiger partial charge in [0.05, 0.1) is 12.7 Å². The number of carbonyl (C=O) groups is 1. The van der Waals surface area contributed by atoms with Crippen LogP contribution in [-0.4, -0.2) is 47.8 Å². The van der Waals surface area contributed by atoms with E-state index >= 15 is 0 Å². The predicted octanol–water partition coefficient (Wildman–Crippen LogP) is 1.42. The molecule has 1 N–H and O–H groups in total. The van der Waals surface area contributed by atoms with Crippen molar-refractivity contribution in [3.8, 4) is 0 Å². The maximum absolute atomic E-state index is 12.6. The van der Waals surface area contributed by atoms with Gasteiger partial charge in [-0.1, -0.05) is 6.07 Å². The van der Waals surface area contributed by atoms with E-state index in [0.29, 0.717) is 18.2 Å². The summed E-state index contributed by atoms with van der Waals surface area (Å²) in [6.45, 7) is 3.40. The maximum Gasteiger partial charge on any atom is 0.271 e. The molecule has 6 heteroatoms. The highest BCUT2D eigenvalue weighted by Gasteiger charge is 2.54. The average Bonchev–Trinajstić information content (AvgIpc) is 3.14. The van der Waals surface area contributed by atoms with Gasteiger partial charge in [-0.25, -0.2) is 4.98 Å². The SMILES string of the molecule is COC[C@@H]1[C@@H](NC(=O)c2cn3cc(C)ccc3n2)[C@@H]2CCO[C@H]12. The second-order valence-corrected chi connectivity index (χ2v) is 6.50. The first-order chi connectivity index (χ1) is 11.2. The Kier molecular flexibility index (Phi) is 3.58. The number of amides is 1. The first-order valence-electron chi connectivity index (χ1n) is 8.04. The molecule has 1 saturated carbocycles. The molecule has 1 aliphatic heterocycles. The third kappa shape index (κ3) is 2.42. The minimum absolute atomic E-state index is 0.112. The summed E-state index contributed by atoms with van der Waals surface area (Å²) in [7, 11) is 1.69. The molecule has 2 fully saturated rings. The van der Waals surface area contributed by atoms with Crippen LogP contribution in [0.25, 0.3) is 5.65 Å². The van der Waals surface area contributed by atoms with E-state index in [0.717, 1.165) is 24.2 Å². The number of carbonyl (C=O) groups excluding carboxylic acids is 1. The smallest absolute Gasteiger partial charge is 0.271 e. The number of ether oxygens (including phenoxy) is 2. The molecule has 4 rings (SSSR count). The fourth-order valence-corrected chi connectivity index (χ4v) is 3.87. The van der Waals surface area contributed by atoms with Gasteiger partial charge in [-0.05, 0) is 25.0 Å². The molecule has 3 heterocycles. The van der Waals surface area contributed by atoms with E-state index in [2.05, 4.69) is 10.3 Å². The number of methoxy groups -OCH3 is 1. The summed E-state index contributed by atoms with van der Waals surface area (Å²) < 4.78 is 12.9. The van der Waals surface area contributed by atoms with Crippen molar-refractivity contribution in [2.24, 2.45) is 11.8 Å². The lowest BCUT2D eigenvalue weighted by Crippen LogP contribution is -2.62. The van der Waals surface area contributed by atoms with Crippen molar-refractivity contribution in [2.45, 2.75) is 25.5 Å². The standard InChI is InChI=1S/C17H21N3O3/c1-10-3-4-14-18-13(8-20(14)7-10)17(21)19-15-11-5-6-23-16(11)12(15)9-22-2/h3-4,7-8,11-12,15-16H,5-6,9H2,1-2H3,(H,19,21)/t11-,12+,15-,16-/m0/s1. The largest absolute Gasteiger partial charge is 0.384 e. The molecule has 0 unspecified atom stereocenters. The van der Waals surface area contributed by atoms with E-state index in [9.17, 15) is 4.79 Å². The molecule has 1 aliphatic carbocycles. The molecular weight excluding hydrogens is 294 g/mol. The summed E-state index contributed by atoms with van der Waals surface area (Å²) in [6.07, 6.45) is 4.98. The van der Waals surface area contributed by atoms with Gasteiger partial charge in [0.25, 0.3) is 5.91 Å². The van der Waals surface area contributed by atoms with Crippen molar-refractivity contribution in [3.63, 3.8) is 0 Å². The summed E-state index contributed by atoms with van der Waals surface area (Å²) in [5.74, 6) is 0.511. The Hall–Kier alpha value is -1.92. The second-order valence-electron chi connectivity index (χ2n) is 6.50. The van der Waals surface area contributed by atoms with Gasteiger partial charge in [0.2, 0.25) is 0 Å². The van der Waals surface area contributed by atoms with Gasteiger partial charge in [0.1, 0.15) is 11.3 Å². The van der Waals surface area contributed by atoms with Crippen LogP contribution in [0.3, 0.4) is 0 Å². The predicted molar refractivity (Wildman–Crippen MR) is 84.4 cm³/mol. The Balaban J connectivity index is 1.52. The molecule has 1 saturated heterocycles. The van der Waals surface area contributed by atoms with E-state index in [1.54, 1.807) is 13.3 Å². The summed E-state index contributed by atoms with van der Waals surface area (Å²) in [5, 5.41) is 3.14. The van der Waals surface area contributed by atoms with Crippen LogP contribution < -0.4 is 5.32 Å². The first-order valence-corrected chi connectivity index (χ1v) is 8.04. The van der Waals surface area contributed by atoms with Crippen LogP contribution in [0.2, 0.25) is 0 Å². The molecule has 0 aromatic carbocycles. The third-order valence-electron chi connectivity index (χ3n) is 5.02.